The van der Waals surface area contributed by atoms with Gasteiger partial charge in [-0.05, 0) is 36.6 Å². The third kappa shape index (κ3) is 1.83. The fourth-order valence-corrected chi connectivity index (χ4v) is 3.52. The standard InChI is InChI=1S/C11H15ClOS/c1-7-6-14-11(9(7)12)10(13)8-4-2-3-5-8/h6,8,10,13H,2-5H2,1H3. The fraction of sp³-hybridized carbons (Fsp3) is 0.636. The smallest absolute Gasteiger partial charge is 0.0925 e. The average Bonchev–Trinajstić information content (AvgIpc) is 2.77. The van der Waals surface area contributed by atoms with Crippen LogP contribution in [0.3, 0.4) is 0 Å². The predicted molar refractivity (Wildman–Crippen MR) is 61.0 cm³/mol. The second-order valence-electron chi connectivity index (χ2n) is 4.09. The maximum absolute atomic E-state index is 10.1. The topological polar surface area (TPSA) is 20.2 Å². The first kappa shape index (κ1) is 10.5. The van der Waals surface area contributed by atoms with Gasteiger partial charge in [0.15, 0.2) is 0 Å². The molecule has 3 heteroatoms. The van der Waals surface area contributed by atoms with E-state index in [4.69, 9.17) is 11.6 Å². The van der Waals surface area contributed by atoms with Crippen molar-refractivity contribution in [2.24, 2.45) is 5.92 Å². The van der Waals surface area contributed by atoms with Crippen molar-refractivity contribution in [3.05, 3.63) is 20.8 Å². The molecular weight excluding hydrogens is 216 g/mol. The first-order valence-corrected chi connectivity index (χ1v) is 6.37. The summed E-state index contributed by atoms with van der Waals surface area (Å²) >= 11 is 7.72. The third-order valence-electron chi connectivity index (χ3n) is 3.04. The maximum atomic E-state index is 10.1. The van der Waals surface area contributed by atoms with Crippen molar-refractivity contribution in [2.75, 3.05) is 0 Å². The van der Waals surface area contributed by atoms with Crippen molar-refractivity contribution < 1.29 is 5.11 Å². The van der Waals surface area contributed by atoms with E-state index in [-0.39, 0.29) is 6.10 Å². The molecule has 0 radical (unpaired) electrons. The highest BCUT2D eigenvalue weighted by Gasteiger charge is 2.27. The van der Waals surface area contributed by atoms with Crippen molar-refractivity contribution in [1.82, 2.24) is 0 Å². The zero-order chi connectivity index (χ0) is 10.1. The number of thiophene rings is 1. The van der Waals surface area contributed by atoms with Crippen LogP contribution in [0.1, 0.15) is 42.2 Å². The van der Waals surface area contributed by atoms with E-state index < -0.39 is 0 Å². The Kier molecular flexibility index (Phi) is 3.15. The van der Waals surface area contributed by atoms with Crippen molar-refractivity contribution >= 4 is 22.9 Å². The number of rotatable bonds is 2. The predicted octanol–water partition coefficient (Wildman–Crippen LogP) is 3.93. The van der Waals surface area contributed by atoms with E-state index in [0.29, 0.717) is 5.92 Å². The van der Waals surface area contributed by atoms with Gasteiger partial charge in [0.25, 0.3) is 0 Å². The van der Waals surface area contributed by atoms with Gasteiger partial charge in [0.2, 0.25) is 0 Å². The lowest BCUT2D eigenvalue weighted by Gasteiger charge is -2.16. The van der Waals surface area contributed by atoms with Crippen molar-refractivity contribution in [3.8, 4) is 0 Å². The van der Waals surface area contributed by atoms with E-state index in [0.717, 1.165) is 28.3 Å². The normalized spacial score (nSPS) is 20.2. The molecule has 14 heavy (non-hydrogen) atoms. The van der Waals surface area contributed by atoms with E-state index >= 15 is 0 Å². The Morgan fingerprint density at radius 3 is 2.64 bits per heavy atom. The average molecular weight is 231 g/mol. The second-order valence-corrected chi connectivity index (χ2v) is 5.38. The molecule has 1 aromatic heterocycles. The third-order valence-corrected chi connectivity index (χ3v) is 4.82. The molecule has 0 aliphatic heterocycles. The molecule has 1 heterocycles. The van der Waals surface area contributed by atoms with Gasteiger partial charge >= 0.3 is 0 Å². The quantitative estimate of drug-likeness (QED) is 0.816. The molecule has 1 saturated carbocycles. The lowest BCUT2D eigenvalue weighted by Crippen LogP contribution is -2.07. The Morgan fingerprint density at radius 1 is 1.50 bits per heavy atom. The number of aryl methyl sites for hydroxylation is 1. The molecule has 1 nitrogen and oxygen atoms in total. The van der Waals surface area contributed by atoms with Crippen LogP contribution in [0.5, 0.6) is 0 Å². The minimum atomic E-state index is -0.330. The molecule has 1 atom stereocenters. The molecule has 2 rings (SSSR count). The van der Waals surface area contributed by atoms with Gasteiger partial charge in [-0.1, -0.05) is 24.4 Å². The summed E-state index contributed by atoms with van der Waals surface area (Å²) in [5.74, 6) is 0.436. The Morgan fingerprint density at radius 2 is 2.14 bits per heavy atom. The van der Waals surface area contributed by atoms with Crippen LogP contribution in [0, 0.1) is 12.8 Å². The van der Waals surface area contributed by atoms with Crippen LogP contribution in [0.15, 0.2) is 5.38 Å². The molecule has 0 aromatic carbocycles. The molecule has 1 aromatic rings. The molecule has 1 unspecified atom stereocenters. The van der Waals surface area contributed by atoms with Gasteiger partial charge in [-0.25, -0.2) is 0 Å². The summed E-state index contributed by atoms with van der Waals surface area (Å²) < 4.78 is 0. The Bertz CT molecular complexity index is 315. The van der Waals surface area contributed by atoms with Crippen LogP contribution in [0.4, 0.5) is 0 Å². The summed E-state index contributed by atoms with van der Waals surface area (Å²) in [7, 11) is 0. The Labute approximate surface area is 93.7 Å². The molecule has 1 N–H and O–H groups in total. The number of halogens is 1. The number of aliphatic hydroxyl groups is 1. The highest BCUT2D eigenvalue weighted by Crippen LogP contribution is 2.41. The largest absolute Gasteiger partial charge is 0.387 e. The first-order chi connectivity index (χ1) is 6.70. The molecular formula is C11H15ClOS. The molecule has 1 aliphatic rings. The van der Waals surface area contributed by atoms with Gasteiger partial charge in [-0.2, -0.15) is 0 Å². The molecule has 0 spiro atoms. The van der Waals surface area contributed by atoms with Gasteiger partial charge in [-0.15, -0.1) is 11.3 Å². The summed E-state index contributed by atoms with van der Waals surface area (Å²) in [5, 5.41) is 12.9. The van der Waals surface area contributed by atoms with Crippen LogP contribution in [0.2, 0.25) is 5.02 Å². The monoisotopic (exact) mass is 230 g/mol. The van der Waals surface area contributed by atoms with Gasteiger partial charge in [0.05, 0.1) is 16.0 Å². The molecule has 1 aliphatic carbocycles. The summed E-state index contributed by atoms with van der Waals surface area (Å²) in [6.45, 7) is 1.99. The second kappa shape index (κ2) is 4.21. The van der Waals surface area contributed by atoms with Gasteiger partial charge < -0.3 is 5.11 Å². The zero-order valence-corrected chi connectivity index (χ0v) is 9.87. The van der Waals surface area contributed by atoms with Gasteiger partial charge in [-0.3, -0.25) is 0 Å². The minimum absolute atomic E-state index is 0.330. The summed E-state index contributed by atoms with van der Waals surface area (Å²) in [6.07, 6.45) is 4.47. The van der Waals surface area contributed by atoms with E-state index in [1.807, 2.05) is 12.3 Å². The molecule has 1 fully saturated rings. The van der Waals surface area contributed by atoms with Crippen molar-refractivity contribution in [2.45, 2.75) is 38.7 Å². The van der Waals surface area contributed by atoms with Crippen LogP contribution in [0.25, 0.3) is 0 Å². The Balaban J connectivity index is 2.17. The lowest BCUT2D eigenvalue weighted by molar-refractivity contribution is 0.115. The van der Waals surface area contributed by atoms with Crippen LogP contribution >= 0.6 is 22.9 Å². The van der Waals surface area contributed by atoms with E-state index in [9.17, 15) is 5.11 Å². The maximum Gasteiger partial charge on any atom is 0.0925 e. The van der Waals surface area contributed by atoms with E-state index in [1.54, 1.807) is 11.3 Å². The van der Waals surface area contributed by atoms with Crippen LogP contribution in [-0.4, -0.2) is 5.11 Å². The summed E-state index contributed by atoms with van der Waals surface area (Å²) in [4.78, 5) is 0.969. The summed E-state index contributed by atoms with van der Waals surface area (Å²) in [5.41, 5.74) is 1.09. The van der Waals surface area contributed by atoms with Crippen molar-refractivity contribution in [1.29, 1.82) is 0 Å². The summed E-state index contributed by atoms with van der Waals surface area (Å²) in [6, 6.07) is 0. The Hall–Kier alpha value is -0.0500. The molecule has 0 bridgehead atoms. The zero-order valence-electron chi connectivity index (χ0n) is 8.29. The van der Waals surface area contributed by atoms with Crippen LogP contribution < -0.4 is 0 Å². The highest BCUT2D eigenvalue weighted by molar-refractivity contribution is 7.10. The number of hydrogen-bond donors (Lipinski definition) is 1. The molecule has 0 saturated heterocycles. The van der Waals surface area contributed by atoms with Crippen LogP contribution in [-0.2, 0) is 0 Å². The molecule has 0 amide bonds. The van der Waals surface area contributed by atoms with Gasteiger partial charge in [0, 0.05) is 0 Å². The minimum Gasteiger partial charge on any atom is -0.387 e. The fourth-order valence-electron chi connectivity index (χ4n) is 2.14. The van der Waals surface area contributed by atoms with Crippen molar-refractivity contribution in [3.63, 3.8) is 0 Å². The lowest BCUT2D eigenvalue weighted by atomic mass is 9.99. The first-order valence-electron chi connectivity index (χ1n) is 5.11. The molecule has 78 valence electrons. The van der Waals surface area contributed by atoms with E-state index in [2.05, 4.69) is 0 Å². The number of aliphatic hydroxyl groups excluding tert-OH is 1. The SMILES string of the molecule is Cc1csc(C(O)C2CCCC2)c1Cl. The van der Waals surface area contributed by atoms with Gasteiger partial charge in [0.1, 0.15) is 0 Å². The number of hydrogen-bond acceptors (Lipinski definition) is 2. The highest BCUT2D eigenvalue weighted by atomic mass is 35.5. The van der Waals surface area contributed by atoms with E-state index in [1.165, 1.54) is 12.8 Å².